The number of ether oxygens (including phenoxy) is 1. The average molecular weight is 356 g/mol. The van der Waals surface area contributed by atoms with Gasteiger partial charge in [0, 0.05) is 15.9 Å². The van der Waals surface area contributed by atoms with Crippen LogP contribution in [0.1, 0.15) is 16.5 Å². The van der Waals surface area contributed by atoms with Gasteiger partial charge in [0.1, 0.15) is 11.8 Å². The van der Waals surface area contributed by atoms with Gasteiger partial charge in [-0.15, -0.1) is 11.3 Å². The molecule has 0 spiro atoms. The van der Waals surface area contributed by atoms with Crippen LogP contribution in [0.4, 0.5) is 0 Å². The number of hydrogen-bond donors (Lipinski definition) is 2. The van der Waals surface area contributed by atoms with Crippen molar-refractivity contribution in [2.24, 2.45) is 0 Å². The molecule has 1 atom stereocenters. The number of nitrogens with one attached hydrogen (secondary N) is 1. The first-order chi connectivity index (χ1) is 9.61. The first-order valence-corrected chi connectivity index (χ1v) is 7.61. The van der Waals surface area contributed by atoms with E-state index in [2.05, 4.69) is 21.2 Å². The SMILES string of the molecule is COc1ccc(Br)c(C(NCc2cccs2)C(=O)O)c1. The molecular weight excluding hydrogens is 342 g/mol. The second kappa shape index (κ2) is 6.88. The standard InChI is InChI=1S/C14H14BrNO3S/c1-19-9-4-5-12(15)11(7-9)13(14(17)18)16-8-10-3-2-6-20-10/h2-7,13,16H,8H2,1H3,(H,17,18). The van der Waals surface area contributed by atoms with Crippen molar-refractivity contribution >= 4 is 33.2 Å². The van der Waals surface area contributed by atoms with E-state index in [1.54, 1.807) is 36.6 Å². The molecule has 0 aliphatic rings. The number of thiophene rings is 1. The number of aliphatic carboxylic acids is 1. The number of carboxylic acid groups (broad SMARTS) is 1. The molecule has 0 amide bonds. The molecular formula is C14H14BrNO3S. The lowest BCUT2D eigenvalue weighted by Gasteiger charge is -2.16. The highest BCUT2D eigenvalue weighted by Gasteiger charge is 2.22. The van der Waals surface area contributed by atoms with E-state index in [1.165, 1.54) is 0 Å². The number of hydrogen-bond acceptors (Lipinski definition) is 4. The van der Waals surface area contributed by atoms with Crippen LogP contribution in [0.5, 0.6) is 5.75 Å². The highest BCUT2D eigenvalue weighted by molar-refractivity contribution is 9.10. The zero-order valence-corrected chi connectivity index (χ0v) is 13.2. The van der Waals surface area contributed by atoms with E-state index >= 15 is 0 Å². The third-order valence-corrected chi connectivity index (χ3v) is 4.42. The Balaban J connectivity index is 2.21. The summed E-state index contributed by atoms with van der Waals surface area (Å²) in [6.07, 6.45) is 0. The van der Waals surface area contributed by atoms with E-state index < -0.39 is 12.0 Å². The summed E-state index contributed by atoms with van der Waals surface area (Å²) < 4.78 is 5.89. The minimum absolute atomic E-state index is 0.512. The molecule has 1 unspecified atom stereocenters. The zero-order chi connectivity index (χ0) is 14.5. The fraction of sp³-hybridized carbons (Fsp3) is 0.214. The molecule has 6 heteroatoms. The van der Waals surface area contributed by atoms with Crippen LogP contribution in [0.2, 0.25) is 0 Å². The van der Waals surface area contributed by atoms with Crippen molar-refractivity contribution in [2.75, 3.05) is 7.11 Å². The van der Waals surface area contributed by atoms with Crippen LogP contribution in [-0.4, -0.2) is 18.2 Å². The number of methoxy groups -OCH3 is 1. The maximum Gasteiger partial charge on any atom is 0.325 e. The van der Waals surface area contributed by atoms with Gasteiger partial charge in [-0.25, -0.2) is 0 Å². The van der Waals surface area contributed by atoms with Gasteiger partial charge in [-0.3, -0.25) is 10.1 Å². The van der Waals surface area contributed by atoms with Crippen molar-refractivity contribution in [1.29, 1.82) is 0 Å². The molecule has 106 valence electrons. The number of rotatable bonds is 6. The summed E-state index contributed by atoms with van der Waals surface area (Å²) in [4.78, 5) is 12.6. The van der Waals surface area contributed by atoms with Crippen molar-refractivity contribution in [3.63, 3.8) is 0 Å². The maximum absolute atomic E-state index is 11.5. The fourth-order valence-corrected chi connectivity index (χ4v) is 2.95. The van der Waals surface area contributed by atoms with Crippen LogP contribution in [0.3, 0.4) is 0 Å². The van der Waals surface area contributed by atoms with Gasteiger partial charge in [0.05, 0.1) is 7.11 Å². The molecule has 0 bridgehead atoms. The third kappa shape index (κ3) is 3.59. The van der Waals surface area contributed by atoms with Crippen LogP contribution < -0.4 is 10.1 Å². The van der Waals surface area contributed by atoms with Crippen molar-refractivity contribution < 1.29 is 14.6 Å². The Morgan fingerprint density at radius 2 is 2.30 bits per heavy atom. The molecule has 2 aromatic rings. The highest BCUT2D eigenvalue weighted by atomic mass is 79.9. The molecule has 0 aliphatic heterocycles. The molecule has 0 saturated heterocycles. The van der Waals surface area contributed by atoms with Crippen LogP contribution in [-0.2, 0) is 11.3 Å². The summed E-state index contributed by atoms with van der Waals surface area (Å²) in [5.74, 6) is -0.289. The molecule has 2 rings (SSSR count). The molecule has 0 fully saturated rings. The Labute approximate surface area is 129 Å². The summed E-state index contributed by atoms with van der Waals surface area (Å²) in [6.45, 7) is 0.512. The molecule has 0 aliphatic carbocycles. The van der Waals surface area contributed by atoms with E-state index in [-0.39, 0.29) is 0 Å². The van der Waals surface area contributed by atoms with Gasteiger partial charge in [-0.05, 0) is 35.2 Å². The van der Waals surface area contributed by atoms with Crippen LogP contribution >= 0.6 is 27.3 Å². The average Bonchev–Trinajstić information content (AvgIpc) is 2.93. The molecule has 2 N–H and O–H groups in total. The molecule has 1 aromatic carbocycles. The van der Waals surface area contributed by atoms with Crippen molar-refractivity contribution in [3.05, 3.63) is 50.6 Å². The smallest absolute Gasteiger partial charge is 0.325 e. The predicted octanol–water partition coefficient (Wildman–Crippen LogP) is 3.43. The van der Waals surface area contributed by atoms with Gasteiger partial charge >= 0.3 is 5.97 Å². The Hall–Kier alpha value is -1.37. The largest absolute Gasteiger partial charge is 0.497 e. The first kappa shape index (κ1) is 15.0. The van der Waals surface area contributed by atoms with E-state index in [0.29, 0.717) is 17.9 Å². The molecule has 4 nitrogen and oxygen atoms in total. The lowest BCUT2D eigenvalue weighted by Crippen LogP contribution is -2.28. The van der Waals surface area contributed by atoms with E-state index in [9.17, 15) is 9.90 Å². The lowest BCUT2D eigenvalue weighted by molar-refractivity contribution is -0.139. The molecule has 0 saturated carbocycles. The highest BCUT2D eigenvalue weighted by Crippen LogP contribution is 2.28. The topological polar surface area (TPSA) is 58.6 Å². The summed E-state index contributed by atoms with van der Waals surface area (Å²) >= 11 is 4.98. The summed E-state index contributed by atoms with van der Waals surface area (Å²) in [6, 6.07) is 8.42. The van der Waals surface area contributed by atoms with Gasteiger partial charge in [-0.2, -0.15) is 0 Å². The van der Waals surface area contributed by atoms with E-state index in [4.69, 9.17) is 4.74 Å². The molecule has 1 aromatic heterocycles. The Morgan fingerprint density at radius 1 is 1.50 bits per heavy atom. The Bertz CT molecular complexity index is 586. The summed E-state index contributed by atoms with van der Waals surface area (Å²) in [5.41, 5.74) is 0.647. The van der Waals surface area contributed by atoms with Gasteiger partial charge in [0.2, 0.25) is 0 Å². The number of benzene rings is 1. The number of carboxylic acids is 1. The Morgan fingerprint density at radius 3 is 2.90 bits per heavy atom. The second-order valence-corrected chi connectivity index (χ2v) is 6.01. The third-order valence-electron chi connectivity index (χ3n) is 2.82. The summed E-state index contributed by atoms with van der Waals surface area (Å²) in [7, 11) is 1.56. The van der Waals surface area contributed by atoms with Gasteiger partial charge in [0.25, 0.3) is 0 Å². The first-order valence-electron chi connectivity index (χ1n) is 5.94. The predicted molar refractivity (Wildman–Crippen MR) is 82.2 cm³/mol. The van der Waals surface area contributed by atoms with Crippen LogP contribution in [0.25, 0.3) is 0 Å². The second-order valence-electron chi connectivity index (χ2n) is 4.12. The molecule has 0 radical (unpaired) electrons. The minimum Gasteiger partial charge on any atom is -0.497 e. The monoisotopic (exact) mass is 355 g/mol. The van der Waals surface area contributed by atoms with E-state index in [1.807, 2.05) is 17.5 Å². The zero-order valence-electron chi connectivity index (χ0n) is 10.8. The van der Waals surface area contributed by atoms with Gasteiger partial charge in [0.15, 0.2) is 0 Å². The quantitative estimate of drug-likeness (QED) is 0.833. The maximum atomic E-state index is 11.5. The number of carbonyl (C=O) groups is 1. The summed E-state index contributed by atoms with van der Waals surface area (Å²) in [5, 5.41) is 14.4. The number of halogens is 1. The normalized spacial score (nSPS) is 12.1. The van der Waals surface area contributed by atoms with Crippen molar-refractivity contribution in [3.8, 4) is 5.75 Å². The molecule has 20 heavy (non-hydrogen) atoms. The lowest BCUT2D eigenvalue weighted by atomic mass is 10.1. The van der Waals surface area contributed by atoms with Crippen molar-refractivity contribution in [2.45, 2.75) is 12.6 Å². The van der Waals surface area contributed by atoms with Crippen LogP contribution in [0.15, 0.2) is 40.2 Å². The van der Waals surface area contributed by atoms with Gasteiger partial charge in [-0.1, -0.05) is 22.0 Å². The molecule has 1 heterocycles. The fourth-order valence-electron chi connectivity index (χ4n) is 1.82. The van der Waals surface area contributed by atoms with Gasteiger partial charge < -0.3 is 9.84 Å². The van der Waals surface area contributed by atoms with Crippen molar-refractivity contribution in [1.82, 2.24) is 5.32 Å². The van der Waals surface area contributed by atoms with E-state index in [0.717, 1.165) is 9.35 Å². The Kier molecular flexibility index (Phi) is 5.17. The van der Waals surface area contributed by atoms with Crippen LogP contribution in [0, 0.1) is 0 Å². The minimum atomic E-state index is -0.921.